The van der Waals surface area contributed by atoms with Gasteiger partial charge in [-0.05, 0) is 62.9 Å². The van der Waals surface area contributed by atoms with Gasteiger partial charge in [-0.25, -0.2) is 13.1 Å². The maximum Gasteiger partial charge on any atom is 0.241 e. The molecule has 0 bridgehead atoms. The second-order valence-corrected chi connectivity index (χ2v) is 9.14. The van der Waals surface area contributed by atoms with Gasteiger partial charge < -0.3 is 5.32 Å². The van der Waals surface area contributed by atoms with E-state index in [4.69, 9.17) is 0 Å². The molecule has 0 aliphatic carbocycles. The number of rotatable bonds is 6. The van der Waals surface area contributed by atoms with Gasteiger partial charge in [0.15, 0.2) is 0 Å². The molecule has 0 atom stereocenters. The van der Waals surface area contributed by atoms with Crippen LogP contribution in [0.15, 0.2) is 47.4 Å². The van der Waals surface area contributed by atoms with Crippen LogP contribution < -0.4 is 10.0 Å². The van der Waals surface area contributed by atoms with E-state index >= 15 is 0 Å². The predicted molar refractivity (Wildman–Crippen MR) is 103 cm³/mol. The molecule has 0 aromatic heterocycles. The Morgan fingerprint density at radius 3 is 2.24 bits per heavy atom. The van der Waals surface area contributed by atoms with Crippen molar-refractivity contribution in [2.45, 2.75) is 58.1 Å². The molecule has 4 nitrogen and oxygen atoms in total. The van der Waals surface area contributed by atoms with Gasteiger partial charge in [0, 0.05) is 18.6 Å². The Bertz CT molecular complexity index is 837. The van der Waals surface area contributed by atoms with Gasteiger partial charge in [0.25, 0.3) is 0 Å². The van der Waals surface area contributed by atoms with Gasteiger partial charge >= 0.3 is 0 Å². The van der Waals surface area contributed by atoms with Gasteiger partial charge in [-0.1, -0.05) is 36.4 Å². The lowest BCUT2D eigenvalue weighted by Crippen LogP contribution is -2.40. The summed E-state index contributed by atoms with van der Waals surface area (Å²) in [5.74, 6) is 0. The van der Waals surface area contributed by atoms with E-state index in [9.17, 15) is 8.42 Å². The maximum atomic E-state index is 12.6. The van der Waals surface area contributed by atoms with E-state index in [0.29, 0.717) is 18.0 Å². The summed E-state index contributed by atoms with van der Waals surface area (Å²) < 4.78 is 28.0. The summed E-state index contributed by atoms with van der Waals surface area (Å²) in [6, 6.07) is 13.5. The summed E-state index contributed by atoms with van der Waals surface area (Å²) in [7, 11) is -3.55. The van der Waals surface area contributed by atoms with Crippen molar-refractivity contribution < 1.29 is 8.42 Å². The van der Waals surface area contributed by atoms with Gasteiger partial charge in [0.1, 0.15) is 0 Å². The number of aryl methyl sites for hydroxylation is 2. The third-order valence-electron chi connectivity index (χ3n) is 3.92. The van der Waals surface area contributed by atoms with E-state index in [-0.39, 0.29) is 0 Å². The molecule has 0 unspecified atom stereocenters. The highest BCUT2D eigenvalue weighted by molar-refractivity contribution is 7.89. The van der Waals surface area contributed by atoms with Crippen LogP contribution in [0.25, 0.3) is 0 Å². The largest absolute Gasteiger partial charge is 0.309 e. The van der Waals surface area contributed by atoms with E-state index in [1.807, 2.05) is 32.9 Å². The average molecular weight is 361 g/mol. The van der Waals surface area contributed by atoms with E-state index in [1.54, 1.807) is 12.1 Å². The molecule has 2 aromatic rings. The van der Waals surface area contributed by atoms with Crippen molar-refractivity contribution in [1.82, 2.24) is 10.0 Å². The van der Waals surface area contributed by atoms with Crippen LogP contribution in [0.5, 0.6) is 0 Å². The first kappa shape index (κ1) is 19.6. The molecule has 136 valence electrons. The molecule has 5 heteroatoms. The van der Waals surface area contributed by atoms with Crippen LogP contribution >= 0.6 is 0 Å². The molecule has 0 aliphatic heterocycles. The normalized spacial score (nSPS) is 12.4. The van der Waals surface area contributed by atoms with Gasteiger partial charge in [0.2, 0.25) is 10.0 Å². The minimum atomic E-state index is -3.55. The Labute approximate surface area is 151 Å². The van der Waals surface area contributed by atoms with E-state index in [2.05, 4.69) is 42.1 Å². The molecular weight excluding hydrogens is 332 g/mol. The zero-order chi connectivity index (χ0) is 18.7. The van der Waals surface area contributed by atoms with Crippen LogP contribution in [0.2, 0.25) is 0 Å². The minimum absolute atomic E-state index is 0.331. The summed E-state index contributed by atoms with van der Waals surface area (Å²) in [5, 5.41) is 3.35. The summed E-state index contributed by atoms with van der Waals surface area (Å²) in [4.78, 5) is 0.331. The Hall–Kier alpha value is -1.69. The first-order valence-corrected chi connectivity index (χ1v) is 9.95. The van der Waals surface area contributed by atoms with Crippen molar-refractivity contribution in [1.29, 1.82) is 0 Å². The fourth-order valence-corrected chi connectivity index (χ4v) is 4.28. The molecule has 0 radical (unpaired) electrons. The number of benzene rings is 2. The summed E-state index contributed by atoms with van der Waals surface area (Å²) in [6.07, 6.45) is 0. The number of nitrogens with one attached hydrogen (secondary N) is 2. The Morgan fingerprint density at radius 1 is 0.920 bits per heavy atom. The fraction of sp³-hybridized carbons (Fsp3) is 0.400. The molecular formula is C20H28N2O2S. The first-order valence-electron chi connectivity index (χ1n) is 8.47. The van der Waals surface area contributed by atoms with Gasteiger partial charge in [0.05, 0.1) is 4.90 Å². The molecule has 0 saturated heterocycles. The molecule has 0 fully saturated rings. The highest BCUT2D eigenvalue weighted by Crippen LogP contribution is 2.18. The average Bonchev–Trinajstić information content (AvgIpc) is 2.49. The molecule has 0 heterocycles. The second kappa shape index (κ2) is 7.68. The van der Waals surface area contributed by atoms with Crippen molar-refractivity contribution in [2.75, 3.05) is 0 Å². The molecule has 0 spiro atoms. The third-order valence-corrected chi connectivity index (χ3v) is 5.78. The van der Waals surface area contributed by atoms with Crippen LogP contribution in [-0.2, 0) is 23.1 Å². The quantitative estimate of drug-likeness (QED) is 0.826. The standard InChI is InChI=1S/C20H28N2O2S/c1-15-10-11-17(12-16(15)2)13-21-14-18-8-6-7-9-19(18)25(23,24)22-20(3,4)5/h6-12,21-22H,13-14H2,1-5H3. The van der Waals surface area contributed by atoms with Crippen LogP contribution in [0.1, 0.15) is 43.0 Å². The number of hydrogen-bond donors (Lipinski definition) is 2. The summed E-state index contributed by atoms with van der Waals surface area (Å²) in [5.41, 5.74) is 3.98. The predicted octanol–water partition coefficient (Wildman–Crippen LogP) is 3.67. The van der Waals surface area contributed by atoms with Crippen LogP contribution in [0.3, 0.4) is 0 Å². The Kier molecular flexibility index (Phi) is 6.03. The first-order chi connectivity index (χ1) is 11.6. The number of sulfonamides is 1. The van der Waals surface area contributed by atoms with Crippen LogP contribution in [-0.4, -0.2) is 14.0 Å². The zero-order valence-electron chi connectivity index (χ0n) is 15.7. The molecule has 25 heavy (non-hydrogen) atoms. The van der Waals surface area contributed by atoms with Crippen molar-refractivity contribution >= 4 is 10.0 Å². The van der Waals surface area contributed by atoms with Gasteiger partial charge in [-0.2, -0.15) is 0 Å². The highest BCUT2D eigenvalue weighted by atomic mass is 32.2. The maximum absolute atomic E-state index is 12.6. The topological polar surface area (TPSA) is 58.2 Å². The van der Waals surface area contributed by atoms with Crippen molar-refractivity contribution in [3.63, 3.8) is 0 Å². The lowest BCUT2D eigenvalue weighted by molar-refractivity contribution is 0.490. The van der Waals surface area contributed by atoms with Crippen LogP contribution in [0.4, 0.5) is 0 Å². The van der Waals surface area contributed by atoms with Crippen molar-refractivity contribution in [3.05, 3.63) is 64.7 Å². The minimum Gasteiger partial charge on any atom is -0.309 e. The van der Waals surface area contributed by atoms with Crippen LogP contribution in [0, 0.1) is 13.8 Å². The third kappa shape index (κ3) is 5.66. The van der Waals surface area contributed by atoms with Gasteiger partial charge in [-0.15, -0.1) is 0 Å². The zero-order valence-corrected chi connectivity index (χ0v) is 16.5. The molecule has 0 saturated carbocycles. The molecule has 0 aliphatic rings. The Balaban J connectivity index is 2.11. The Morgan fingerprint density at radius 2 is 1.60 bits per heavy atom. The van der Waals surface area contributed by atoms with E-state index in [1.165, 1.54) is 16.7 Å². The molecule has 2 aromatic carbocycles. The second-order valence-electron chi connectivity index (χ2n) is 7.49. The lowest BCUT2D eigenvalue weighted by atomic mass is 10.1. The summed E-state index contributed by atoms with van der Waals surface area (Å²) >= 11 is 0. The van der Waals surface area contributed by atoms with Crippen molar-refractivity contribution in [2.24, 2.45) is 0 Å². The monoisotopic (exact) mass is 360 g/mol. The van der Waals surface area contributed by atoms with Crippen molar-refractivity contribution in [3.8, 4) is 0 Å². The highest BCUT2D eigenvalue weighted by Gasteiger charge is 2.23. The van der Waals surface area contributed by atoms with Gasteiger partial charge in [-0.3, -0.25) is 0 Å². The summed E-state index contributed by atoms with van der Waals surface area (Å²) in [6.45, 7) is 10.9. The lowest BCUT2D eigenvalue weighted by Gasteiger charge is -2.21. The molecule has 2 N–H and O–H groups in total. The molecule has 0 amide bonds. The van der Waals surface area contributed by atoms with E-state index in [0.717, 1.165) is 5.56 Å². The fourth-order valence-electron chi connectivity index (χ4n) is 2.63. The van der Waals surface area contributed by atoms with E-state index < -0.39 is 15.6 Å². The molecule has 2 rings (SSSR count). The smallest absolute Gasteiger partial charge is 0.241 e. The number of hydrogen-bond acceptors (Lipinski definition) is 3. The SMILES string of the molecule is Cc1ccc(CNCc2ccccc2S(=O)(=O)NC(C)(C)C)cc1C.